The number of methoxy groups -OCH3 is 1. The molecule has 4 rings (SSSR count). The van der Waals surface area contributed by atoms with E-state index < -0.39 is 0 Å². The molecule has 134 valence electrons. The van der Waals surface area contributed by atoms with Gasteiger partial charge in [0, 0.05) is 25.3 Å². The minimum absolute atomic E-state index is 0.0786. The van der Waals surface area contributed by atoms with Crippen molar-refractivity contribution in [3.8, 4) is 5.75 Å². The van der Waals surface area contributed by atoms with Crippen molar-refractivity contribution in [1.82, 2.24) is 20.1 Å². The van der Waals surface area contributed by atoms with Gasteiger partial charge in [0.25, 0.3) is 0 Å². The van der Waals surface area contributed by atoms with Crippen LogP contribution < -0.4 is 20.8 Å². The molecule has 2 aromatic carbocycles. The maximum Gasteiger partial charge on any atom is 0.199 e. The fraction of sp³-hybridized carbons (Fsp3) is 0.278. The number of fused-ring (bicyclic) bond motifs is 2. The molecule has 26 heavy (non-hydrogen) atoms. The normalized spacial score (nSPS) is 11.6. The highest BCUT2D eigenvalue weighted by atomic mass is 16.5. The summed E-state index contributed by atoms with van der Waals surface area (Å²) < 4.78 is 6.97. The highest BCUT2D eigenvalue weighted by Crippen LogP contribution is 2.28. The van der Waals surface area contributed by atoms with Gasteiger partial charge in [0.1, 0.15) is 16.8 Å². The Balaban J connectivity index is 1.87. The van der Waals surface area contributed by atoms with Crippen LogP contribution in [-0.2, 0) is 0 Å². The maximum absolute atomic E-state index is 13.2. The highest BCUT2D eigenvalue weighted by molar-refractivity contribution is 6.06. The molecular weight excluding hydrogens is 334 g/mol. The van der Waals surface area contributed by atoms with E-state index in [1.54, 1.807) is 23.8 Å². The summed E-state index contributed by atoms with van der Waals surface area (Å²) in [5.74, 6) is 0.621. The number of aliphatic hydroxyl groups excluding tert-OH is 1. The Hall–Kier alpha value is -2.97. The third-order valence-corrected chi connectivity index (χ3v) is 4.42. The molecule has 0 atom stereocenters. The molecule has 8 nitrogen and oxygen atoms in total. The van der Waals surface area contributed by atoms with Gasteiger partial charge in [0.2, 0.25) is 0 Å². The van der Waals surface area contributed by atoms with Crippen molar-refractivity contribution in [3.05, 3.63) is 40.6 Å². The molecule has 0 radical (unpaired) electrons. The molecular formula is C18H19N5O3. The monoisotopic (exact) mass is 353 g/mol. The fourth-order valence-corrected chi connectivity index (χ4v) is 3.19. The van der Waals surface area contributed by atoms with Crippen LogP contribution in [0.15, 0.2) is 35.1 Å². The molecule has 8 heteroatoms. The third-order valence-electron chi connectivity index (χ3n) is 4.42. The lowest BCUT2D eigenvalue weighted by molar-refractivity contribution is 0.293. The van der Waals surface area contributed by atoms with Gasteiger partial charge >= 0.3 is 0 Å². The van der Waals surface area contributed by atoms with Crippen LogP contribution in [0, 0.1) is 0 Å². The Morgan fingerprint density at radius 2 is 2.08 bits per heavy atom. The van der Waals surface area contributed by atoms with Gasteiger partial charge in [-0.25, -0.2) is 4.52 Å². The molecule has 0 aliphatic carbocycles. The molecule has 0 spiro atoms. The Kier molecular flexibility index (Phi) is 4.27. The topological polar surface area (TPSA) is 101 Å². The van der Waals surface area contributed by atoms with Crippen molar-refractivity contribution >= 4 is 33.0 Å². The molecule has 2 aromatic heterocycles. The van der Waals surface area contributed by atoms with Crippen LogP contribution in [0.3, 0.4) is 0 Å². The number of aromatic nitrogens is 3. The van der Waals surface area contributed by atoms with Gasteiger partial charge in [-0.15, -0.1) is 5.10 Å². The van der Waals surface area contributed by atoms with Crippen molar-refractivity contribution in [1.29, 1.82) is 0 Å². The second-order valence-electron chi connectivity index (χ2n) is 5.97. The first kappa shape index (κ1) is 16.5. The maximum atomic E-state index is 13.2. The lowest BCUT2D eigenvalue weighted by Gasteiger charge is -2.11. The molecule has 0 unspecified atom stereocenters. The van der Waals surface area contributed by atoms with E-state index in [0.717, 1.165) is 5.69 Å². The Bertz CT molecular complexity index is 1120. The van der Waals surface area contributed by atoms with Gasteiger partial charge in [0.05, 0.1) is 30.0 Å². The summed E-state index contributed by atoms with van der Waals surface area (Å²) in [7, 11) is 1.57. The van der Waals surface area contributed by atoms with E-state index in [2.05, 4.69) is 20.9 Å². The molecule has 0 amide bonds. The van der Waals surface area contributed by atoms with E-state index >= 15 is 0 Å². The molecule has 0 bridgehead atoms. The van der Waals surface area contributed by atoms with E-state index in [0.29, 0.717) is 52.7 Å². The first-order valence-electron chi connectivity index (χ1n) is 8.41. The van der Waals surface area contributed by atoms with E-state index in [1.807, 2.05) is 18.2 Å². The van der Waals surface area contributed by atoms with Gasteiger partial charge in [-0.3, -0.25) is 4.79 Å². The molecule has 0 fully saturated rings. The number of ether oxygens (including phenoxy) is 1. The zero-order valence-corrected chi connectivity index (χ0v) is 14.3. The Morgan fingerprint density at radius 3 is 2.88 bits per heavy atom. The number of nitrogens with zero attached hydrogens (tertiary/aromatic N) is 3. The Morgan fingerprint density at radius 1 is 1.19 bits per heavy atom. The van der Waals surface area contributed by atoms with Crippen LogP contribution in [0.2, 0.25) is 0 Å². The predicted molar refractivity (Wildman–Crippen MR) is 100 cm³/mol. The summed E-state index contributed by atoms with van der Waals surface area (Å²) in [4.78, 5) is 13.2. The molecule has 0 aliphatic rings. The fourth-order valence-electron chi connectivity index (χ4n) is 3.19. The van der Waals surface area contributed by atoms with Crippen LogP contribution in [0.5, 0.6) is 5.75 Å². The van der Waals surface area contributed by atoms with Crippen LogP contribution >= 0.6 is 0 Å². The minimum atomic E-state index is -0.0786. The molecule has 4 aromatic rings. The van der Waals surface area contributed by atoms with Crippen molar-refractivity contribution in [2.24, 2.45) is 0 Å². The van der Waals surface area contributed by atoms with Gasteiger partial charge in [-0.2, -0.15) is 0 Å². The van der Waals surface area contributed by atoms with Crippen LogP contribution in [-0.4, -0.2) is 53.3 Å². The second kappa shape index (κ2) is 6.74. The summed E-state index contributed by atoms with van der Waals surface area (Å²) in [6.45, 7) is 1.93. The zero-order valence-electron chi connectivity index (χ0n) is 14.3. The van der Waals surface area contributed by atoms with E-state index in [1.165, 1.54) is 0 Å². The summed E-state index contributed by atoms with van der Waals surface area (Å²) in [6.07, 6.45) is 0. The summed E-state index contributed by atoms with van der Waals surface area (Å²) in [6, 6.07) is 9.06. The summed E-state index contributed by atoms with van der Waals surface area (Å²) in [5, 5.41) is 24.7. The summed E-state index contributed by atoms with van der Waals surface area (Å²) >= 11 is 0. The first-order chi connectivity index (χ1) is 12.7. The van der Waals surface area contributed by atoms with Gasteiger partial charge < -0.3 is 20.5 Å². The van der Waals surface area contributed by atoms with Gasteiger partial charge in [0.15, 0.2) is 5.43 Å². The second-order valence-corrected chi connectivity index (χ2v) is 5.97. The number of nitrogens with one attached hydrogen (secondary N) is 2. The summed E-state index contributed by atoms with van der Waals surface area (Å²) in [5.41, 5.74) is 2.75. The van der Waals surface area contributed by atoms with Crippen molar-refractivity contribution < 1.29 is 9.84 Å². The highest BCUT2D eigenvalue weighted by Gasteiger charge is 2.17. The van der Waals surface area contributed by atoms with Crippen molar-refractivity contribution in [3.63, 3.8) is 0 Å². The largest absolute Gasteiger partial charge is 0.497 e. The van der Waals surface area contributed by atoms with Crippen molar-refractivity contribution in [2.45, 2.75) is 0 Å². The van der Waals surface area contributed by atoms with E-state index in [-0.39, 0.29) is 12.0 Å². The van der Waals surface area contributed by atoms with E-state index in [9.17, 15) is 4.79 Å². The quantitative estimate of drug-likeness (QED) is 0.334. The molecule has 2 heterocycles. The average Bonchev–Trinajstić information content (AvgIpc) is 3.10. The minimum Gasteiger partial charge on any atom is -0.497 e. The first-order valence-corrected chi connectivity index (χ1v) is 8.41. The smallest absolute Gasteiger partial charge is 0.199 e. The van der Waals surface area contributed by atoms with Crippen LogP contribution in [0.25, 0.3) is 27.3 Å². The van der Waals surface area contributed by atoms with Crippen LogP contribution in [0.4, 0.5) is 5.69 Å². The van der Waals surface area contributed by atoms with E-state index in [4.69, 9.17) is 9.84 Å². The van der Waals surface area contributed by atoms with Gasteiger partial charge in [-0.05, 0) is 30.3 Å². The molecule has 3 N–H and O–H groups in total. The number of pyridine rings is 1. The standard InChI is InChI=1S/C18H19N5O3/c1-26-11-2-5-15-12(10-11)18(25)16-13(20-7-6-19-8-9-24)3-4-14-17(16)23(15)22-21-14/h2-5,10,19-20,24H,6-9H2,1H3. The predicted octanol–water partition coefficient (Wildman–Crippen LogP) is 0.836. The zero-order chi connectivity index (χ0) is 18.1. The SMILES string of the molecule is COc1ccc2c(c1)c(=O)c1c(NCCNCCO)ccc3nnn2c31. The van der Waals surface area contributed by atoms with Gasteiger partial charge in [-0.1, -0.05) is 5.21 Å². The number of anilines is 1. The number of rotatable bonds is 7. The third kappa shape index (κ3) is 2.59. The van der Waals surface area contributed by atoms with Crippen LogP contribution in [0.1, 0.15) is 0 Å². The number of benzene rings is 2. The Labute approximate surface area is 148 Å². The lowest BCUT2D eigenvalue weighted by Crippen LogP contribution is -2.25. The molecule has 0 aliphatic heterocycles. The lowest BCUT2D eigenvalue weighted by atomic mass is 10.1. The van der Waals surface area contributed by atoms with Crippen molar-refractivity contribution in [2.75, 3.05) is 38.7 Å². The average molecular weight is 353 g/mol. The number of aliphatic hydroxyl groups is 1. The molecule has 0 saturated heterocycles. The molecule has 0 saturated carbocycles. The number of hydrogen-bond donors (Lipinski definition) is 3. The number of hydrogen-bond acceptors (Lipinski definition) is 7.